The minimum atomic E-state index is -1.61. The van der Waals surface area contributed by atoms with Gasteiger partial charge in [-0.25, -0.2) is 0 Å². The second kappa shape index (κ2) is 60.4. The van der Waals surface area contributed by atoms with Gasteiger partial charge in [0.1, 0.15) is 13.2 Å². The van der Waals surface area contributed by atoms with Crippen LogP contribution in [0.3, 0.4) is 0 Å². The minimum absolute atomic E-state index is 0.154. The number of hydrogen-bond donors (Lipinski definition) is 0. The monoisotopic (exact) mass is 1090 g/mol. The molecule has 0 fully saturated rings. The Morgan fingerprint density at radius 3 is 0.831 bits per heavy atom. The number of carbonyl (C=O) groups is 3. The maximum atomic E-state index is 12.9. The quantitative estimate of drug-likeness (QED) is 0.0256. The van der Waals surface area contributed by atoms with E-state index in [1.165, 1.54) is 295 Å². The van der Waals surface area contributed by atoms with Gasteiger partial charge in [-0.3, -0.25) is 9.59 Å². The number of aliphatic carboxylic acids is 1. The summed E-state index contributed by atoms with van der Waals surface area (Å²) in [5.41, 5.74) is 0. The first-order valence-corrected chi connectivity index (χ1v) is 34.2. The minimum Gasteiger partial charge on any atom is -0.545 e. The number of esters is 2. The summed E-state index contributed by atoms with van der Waals surface area (Å²) in [5.74, 6) is -2.25. The molecule has 0 aliphatic carbocycles. The highest BCUT2D eigenvalue weighted by Crippen LogP contribution is 2.19. The molecule has 0 aliphatic rings. The molecule has 0 N–H and O–H groups in total. The molecule has 9 nitrogen and oxygen atoms in total. The van der Waals surface area contributed by atoms with E-state index in [-0.39, 0.29) is 32.2 Å². The first-order valence-electron chi connectivity index (χ1n) is 34.2. The van der Waals surface area contributed by atoms with Crippen LogP contribution in [0.4, 0.5) is 0 Å². The lowest BCUT2D eigenvalue weighted by atomic mass is 10.0. The lowest BCUT2D eigenvalue weighted by Gasteiger charge is -2.26. The van der Waals surface area contributed by atoms with Crippen molar-refractivity contribution in [1.29, 1.82) is 0 Å². The molecule has 0 amide bonds. The van der Waals surface area contributed by atoms with Crippen LogP contribution in [-0.2, 0) is 33.3 Å². The van der Waals surface area contributed by atoms with Crippen LogP contribution in [0.5, 0.6) is 0 Å². The molecule has 458 valence electrons. The number of likely N-dealkylation sites (N-methyl/N-ethyl adjacent to an activating group) is 1. The van der Waals surface area contributed by atoms with E-state index >= 15 is 0 Å². The van der Waals surface area contributed by atoms with Gasteiger partial charge >= 0.3 is 11.9 Å². The molecule has 9 heteroatoms. The number of nitrogens with zero attached hydrogens (tertiary/aromatic N) is 1. The largest absolute Gasteiger partial charge is 0.545 e. The van der Waals surface area contributed by atoms with Gasteiger partial charge in [0, 0.05) is 12.8 Å². The fraction of sp³-hybridized carbons (Fsp3) is 0.956. The normalized spacial score (nSPS) is 12.6. The van der Waals surface area contributed by atoms with Crippen molar-refractivity contribution in [2.24, 2.45) is 0 Å². The SMILES string of the molecule is CCCCCCCCCCCCCCCCCCCCCCCCCCCCCCCCCCCC(=O)OC(COC(=O)CCCCCCCCCCCCCCCCCCCCC)COC(OCC[N+](C)(C)C)C(=O)[O-]. The Bertz CT molecular complexity index is 1220. The van der Waals surface area contributed by atoms with Crippen molar-refractivity contribution in [2.45, 2.75) is 373 Å². The van der Waals surface area contributed by atoms with Crippen LogP contribution in [0.1, 0.15) is 361 Å². The van der Waals surface area contributed by atoms with E-state index in [1.54, 1.807) is 0 Å². The van der Waals surface area contributed by atoms with Crippen molar-refractivity contribution in [3.05, 3.63) is 0 Å². The average molecular weight is 1090 g/mol. The van der Waals surface area contributed by atoms with E-state index in [0.717, 1.165) is 38.5 Å². The second-order valence-corrected chi connectivity index (χ2v) is 24.8. The molecule has 0 spiro atoms. The number of carbonyl (C=O) groups excluding carboxylic acids is 3. The van der Waals surface area contributed by atoms with Crippen LogP contribution in [0.15, 0.2) is 0 Å². The Kier molecular flexibility index (Phi) is 59.0. The first-order chi connectivity index (χ1) is 37.6. The fourth-order valence-electron chi connectivity index (χ4n) is 10.6. The van der Waals surface area contributed by atoms with Gasteiger partial charge in [0.05, 0.1) is 40.3 Å². The number of hydrogen-bond acceptors (Lipinski definition) is 8. The van der Waals surface area contributed by atoms with Crippen LogP contribution in [0.25, 0.3) is 0 Å². The Morgan fingerprint density at radius 2 is 0.584 bits per heavy atom. The molecular formula is C68H133NO8. The van der Waals surface area contributed by atoms with Crippen molar-refractivity contribution < 1.29 is 42.9 Å². The highest BCUT2D eigenvalue weighted by Gasteiger charge is 2.22. The molecule has 0 saturated heterocycles. The van der Waals surface area contributed by atoms with E-state index in [0.29, 0.717) is 17.4 Å². The molecular weight excluding hydrogens is 959 g/mol. The zero-order chi connectivity index (χ0) is 56.2. The Hall–Kier alpha value is -1.71. The standard InChI is InChI=1S/C68H133NO8/c1-6-8-10-12-14-16-18-20-22-24-26-27-28-29-30-31-32-33-34-35-36-37-38-39-41-43-45-47-49-51-53-55-57-59-66(71)77-64(63-76-68(67(72)73)74-61-60-69(3,4)5)62-75-65(70)58-56-54-52-50-48-46-44-42-40-25-23-21-19-17-15-13-11-9-7-2/h64,68H,6-63H2,1-5H3. The van der Waals surface area contributed by atoms with Crippen LogP contribution in [-0.4, -0.2) is 82.3 Å². The lowest BCUT2D eigenvalue weighted by molar-refractivity contribution is -0.870. The predicted molar refractivity (Wildman–Crippen MR) is 325 cm³/mol. The van der Waals surface area contributed by atoms with Gasteiger partial charge < -0.3 is 33.3 Å². The van der Waals surface area contributed by atoms with E-state index in [1.807, 2.05) is 21.1 Å². The highest BCUT2D eigenvalue weighted by atomic mass is 16.7. The van der Waals surface area contributed by atoms with Crippen LogP contribution < -0.4 is 5.11 Å². The van der Waals surface area contributed by atoms with Gasteiger partial charge in [-0.2, -0.15) is 0 Å². The third-order valence-corrected chi connectivity index (χ3v) is 15.9. The summed E-state index contributed by atoms with van der Waals surface area (Å²) >= 11 is 0. The zero-order valence-electron chi connectivity index (χ0n) is 52.4. The Balaban J connectivity index is 4.01. The average Bonchev–Trinajstić information content (AvgIpc) is 3.40. The van der Waals surface area contributed by atoms with Crippen molar-refractivity contribution in [1.82, 2.24) is 0 Å². The van der Waals surface area contributed by atoms with Crippen molar-refractivity contribution in [3.63, 3.8) is 0 Å². The second-order valence-electron chi connectivity index (χ2n) is 24.8. The first kappa shape index (κ1) is 75.3. The molecule has 0 aliphatic heterocycles. The van der Waals surface area contributed by atoms with Gasteiger partial charge in [0.15, 0.2) is 12.4 Å². The van der Waals surface area contributed by atoms with Crippen LogP contribution in [0, 0.1) is 0 Å². The number of carboxylic acids is 1. The third kappa shape index (κ3) is 61.8. The number of quaternary nitrogens is 1. The molecule has 0 bridgehead atoms. The van der Waals surface area contributed by atoms with E-state index in [4.69, 9.17) is 18.9 Å². The van der Waals surface area contributed by atoms with Crippen LogP contribution in [0.2, 0.25) is 0 Å². The lowest BCUT2D eigenvalue weighted by Crippen LogP contribution is -2.44. The van der Waals surface area contributed by atoms with Crippen molar-refractivity contribution in [2.75, 3.05) is 47.5 Å². The van der Waals surface area contributed by atoms with Gasteiger partial charge in [0.25, 0.3) is 0 Å². The van der Waals surface area contributed by atoms with Crippen molar-refractivity contribution >= 4 is 17.9 Å². The van der Waals surface area contributed by atoms with E-state index in [9.17, 15) is 19.5 Å². The Labute approximate surface area is 479 Å². The molecule has 0 aromatic carbocycles. The van der Waals surface area contributed by atoms with Gasteiger partial charge in [-0.15, -0.1) is 0 Å². The molecule has 0 heterocycles. The fourth-order valence-corrected chi connectivity index (χ4v) is 10.6. The Morgan fingerprint density at radius 1 is 0.338 bits per heavy atom. The molecule has 0 aromatic heterocycles. The van der Waals surface area contributed by atoms with Gasteiger partial charge in [-0.1, -0.05) is 335 Å². The van der Waals surface area contributed by atoms with Gasteiger partial charge in [0.2, 0.25) is 0 Å². The summed E-state index contributed by atoms with van der Waals surface area (Å²) in [4.78, 5) is 37.4. The summed E-state index contributed by atoms with van der Waals surface area (Å²) in [7, 11) is 5.95. The summed E-state index contributed by atoms with van der Waals surface area (Å²) < 4.78 is 22.8. The topological polar surface area (TPSA) is 111 Å². The number of rotatable bonds is 65. The van der Waals surface area contributed by atoms with Crippen molar-refractivity contribution in [3.8, 4) is 0 Å². The molecule has 0 rings (SSSR count). The molecule has 2 atom stereocenters. The summed E-state index contributed by atoms with van der Waals surface area (Å²) in [5, 5.41) is 11.8. The summed E-state index contributed by atoms with van der Waals surface area (Å²) in [6.45, 7) is 4.84. The molecule has 0 radical (unpaired) electrons. The summed E-state index contributed by atoms with van der Waals surface area (Å²) in [6.07, 6.45) is 67.6. The zero-order valence-corrected chi connectivity index (χ0v) is 52.4. The number of carboxylic acid groups (broad SMARTS) is 1. The predicted octanol–water partition coefficient (Wildman–Crippen LogP) is 19.4. The number of ether oxygens (including phenoxy) is 4. The third-order valence-electron chi connectivity index (χ3n) is 15.9. The van der Waals surface area contributed by atoms with E-state index in [2.05, 4.69) is 13.8 Å². The maximum Gasteiger partial charge on any atom is 0.306 e. The van der Waals surface area contributed by atoms with Crippen LogP contribution >= 0.6 is 0 Å². The molecule has 2 unspecified atom stereocenters. The molecule has 0 aromatic rings. The highest BCUT2D eigenvalue weighted by molar-refractivity contribution is 5.70. The molecule has 0 saturated carbocycles. The molecule has 77 heavy (non-hydrogen) atoms. The maximum absolute atomic E-state index is 12.9. The van der Waals surface area contributed by atoms with Gasteiger partial charge in [-0.05, 0) is 12.8 Å². The smallest absolute Gasteiger partial charge is 0.306 e. The summed E-state index contributed by atoms with van der Waals surface area (Å²) in [6, 6.07) is 0. The number of unbranched alkanes of at least 4 members (excludes halogenated alkanes) is 50. The van der Waals surface area contributed by atoms with E-state index < -0.39 is 24.3 Å².